The molecule has 17 heavy (non-hydrogen) atoms. The van der Waals surface area contributed by atoms with Gasteiger partial charge in [0.25, 0.3) is 0 Å². The zero-order valence-corrected chi connectivity index (χ0v) is 11.0. The number of benzene rings is 1. The third-order valence-electron chi connectivity index (χ3n) is 3.69. The molecule has 0 bridgehead atoms. The molecule has 0 spiro atoms. The summed E-state index contributed by atoms with van der Waals surface area (Å²) in [6, 6.07) is 7.81. The number of halogens is 1. The molecule has 1 aliphatic rings. The molecule has 1 fully saturated rings. The van der Waals surface area contributed by atoms with Crippen molar-refractivity contribution in [2.24, 2.45) is 5.92 Å². The summed E-state index contributed by atoms with van der Waals surface area (Å²) in [6.07, 6.45) is 8.13. The van der Waals surface area contributed by atoms with Crippen LogP contribution in [0.15, 0.2) is 24.3 Å². The lowest BCUT2D eigenvalue weighted by Crippen LogP contribution is -2.18. The van der Waals surface area contributed by atoms with Gasteiger partial charge in [-0.3, -0.25) is 0 Å². The molecule has 1 atom stereocenters. The van der Waals surface area contributed by atoms with Crippen molar-refractivity contribution in [3.05, 3.63) is 34.9 Å². The summed E-state index contributed by atoms with van der Waals surface area (Å²) >= 11 is 5.94. The van der Waals surface area contributed by atoms with E-state index in [1.165, 1.54) is 32.1 Å². The van der Waals surface area contributed by atoms with Crippen molar-refractivity contribution in [1.82, 2.24) is 0 Å². The van der Waals surface area contributed by atoms with E-state index in [1.807, 2.05) is 24.3 Å². The Bertz CT molecular complexity index is 345. The van der Waals surface area contributed by atoms with E-state index in [-0.39, 0.29) is 6.10 Å². The summed E-state index contributed by atoms with van der Waals surface area (Å²) < 4.78 is 0. The lowest BCUT2D eigenvalue weighted by Gasteiger charge is -2.24. The zero-order chi connectivity index (χ0) is 12.1. The third kappa shape index (κ3) is 4.33. The van der Waals surface area contributed by atoms with Gasteiger partial charge in [0.05, 0.1) is 6.10 Å². The van der Waals surface area contributed by atoms with Gasteiger partial charge in [-0.05, 0) is 36.5 Å². The lowest BCUT2D eigenvalue weighted by atomic mass is 9.84. The highest BCUT2D eigenvalue weighted by Gasteiger charge is 2.17. The molecule has 1 nitrogen and oxygen atoms in total. The van der Waals surface area contributed by atoms with E-state index >= 15 is 0 Å². The first-order valence-corrected chi connectivity index (χ1v) is 7.04. The van der Waals surface area contributed by atoms with Crippen LogP contribution in [-0.4, -0.2) is 11.2 Å². The van der Waals surface area contributed by atoms with Crippen LogP contribution in [0.2, 0.25) is 5.02 Å². The molecule has 1 aromatic carbocycles. The number of aliphatic hydroxyl groups excluding tert-OH is 1. The molecule has 1 aliphatic carbocycles. The van der Waals surface area contributed by atoms with Gasteiger partial charge >= 0.3 is 0 Å². The van der Waals surface area contributed by atoms with Crippen molar-refractivity contribution >= 4 is 11.6 Å². The normalized spacial score (nSPS) is 19.2. The largest absolute Gasteiger partial charge is 0.393 e. The van der Waals surface area contributed by atoms with Gasteiger partial charge in [0.1, 0.15) is 0 Å². The van der Waals surface area contributed by atoms with Crippen molar-refractivity contribution in [2.45, 2.75) is 51.0 Å². The number of aliphatic hydroxyl groups is 1. The van der Waals surface area contributed by atoms with E-state index in [0.29, 0.717) is 0 Å². The Hall–Kier alpha value is -0.530. The minimum Gasteiger partial charge on any atom is -0.393 e. The summed E-state index contributed by atoms with van der Waals surface area (Å²) in [4.78, 5) is 0. The van der Waals surface area contributed by atoms with Crippen molar-refractivity contribution in [3.63, 3.8) is 0 Å². The molecule has 2 heteroatoms. The molecule has 0 aliphatic heterocycles. The van der Waals surface area contributed by atoms with Gasteiger partial charge in [0, 0.05) is 5.02 Å². The Morgan fingerprint density at radius 3 is 2.71 bits per heavy atom. The van der Waals surface area contributed by atoms with Gasteiger partial charge in [-0.2, -0.15) is 0 Å². The van der Waals surface area contributed by atoms with Gasteiger partial charge in [-0.25, -0.2) is 0 Å². The van der Waals surface area contributed by atoms with Crippen LogP contribution in [0.3, 0.4) is 0 Å². The van der Waals surface area contributed by atoms with E-state index in [1.54, 1.807) is 0 Å². The number of rotatable bonds is 4. The minimum atomic E-state index is -0.212. The predicted molar refractivity (Wildman–Crippen MR) is 72.4 cm³/mol. The minimum absolute atomic E-state index is 0.212. The maximum atomic E-state index is 10.1. The zero-order valence-electron chi connectivity index (χ0n) is 10.2. The second kappa shape index (κ2) is 6.42. The Kier molecular flexibility index (Phi) is 4.87. The van der Waals surface area contributed by atoms with Crippen molar-refractivity contribution in [3.8, 4) is 0 Å². The molecule has 1 saturated carbocycles. The van der Waals surface area contributed by atoms with Crippen LogP contribution in [0.25, 0.3) is 0 Å². The van der Waals surface area contributed by atoms with Crippen molar-refractivity contribution < 1.29 is 5.11 Å². The topological polar surface area (TPSA) is 20.2 Å². The van der Waals surface area contributed by atoms with Crippen LogP contribution in [0.4, 0.5) is 0 Å². The van der Waals surface area contributed by atoms with E-state index in [4.69, 9.17) is 11.6 Å². The Balaban J connectivity index is 1.82. The fourth-order valence-electron chi connectivity index (χ4n) is 2.83. The molecular formula is C15H21ClO. The maximum absolute atomic E-state index is 10.1. The summed E-state index contributed by atoms with van der Waals surface area (Å²) in [5.74, 6) is 0.734. The highest BCUT2D eigenvalue weighted by Crippen LogP contribution is 2.28. The van der Waals surface area contributed by atoms with Crippen LogP contribution in [-0.2, 0) is 6.42 Å². The average Bonchev–Trinajstić information content (AvgIpc) is 2.30. The molecule has 0 amide bonds. The Morgan fingerprint density at radius 1 is 1.24 bits per heavy atom. The van der Waals surface area contributed by atoms with Crippen LogP contribution in [0.1, 0.15) is 44.1 Å². The van der Waals surface area contributed by atoms with Gasteiger partial charge < -0.3 is 5.11 Å². The Labute approximate surface area is 109 Å². The van der Waals surface area contributed by atoms with Crippen LogP contribution < -0.4 is 0 Å². The van der Waals surface area contributed by atoms with Gasteiger partial charge in [0.2, 0.25) is 0 Å². The first kappa shape index (κ1) is 12.9. The summed E-state index contributed by atoms with van der Waals surface area (Å²) in [6.45, 7) is 0. The lowest BCUT2D eigenvalue weighted by molar-refractivity contribution is 0.130. The predicted octanol–water partition coefficient (Wildman–Crippen LogP) is 4.21. The fourth-order valence-corrected chi connectivity index (χ4v) is 3.04. The summed E-state index contributed by atoms with van der Waals surface area (Å²) in [5.41, 5.74) is 1.14. The van der Waals surface area contributed by atoms with Crippen LogP contribution >= 0.6 is 11.6 Å². The van der Waals surface area contributed by atoms with Crippen LogP contribution in [0, 0.1) is 5.92 Å². The van der Waals surface area contributed by atoms with Gasteiger partial charge in [0.15, 0.2) is 0 Å². The summed E-state index contributed by atoms with van der Waals surface area (Å²) in [7, 11) is 0. The standard InChI is InChI=1S/C15H21ClO/c16-14-8-4-7-13(9-14)11-15(17)10-12-5-2-1-3-6-12/h4,7-9,12,15,17H,1-3,5-6,10-11H2. The first-order valence-electron chi connectivity index (χ1n) is 6.66. The van der Waals surface area contributed by atoms with Crippen molar-refractivity contribution in [1.29, 1.82) is 0 Å². The monoisotopic (exact) mass is 252 g/mol. The van der Waals surface area contributed by atoms with Gasteiger partial charge in [-0.15, -0.1) is 0 Å². The second-order valence-electron chi connectivity index (χ2n) is 5.23. The molecule has 0 radical (unpaired) electrons. The first-order chi connectivity index (χ1) is 8.24. The van der Waals surface area contributed by atoms with E-state index in [9.17, 15) is 5.11 Å². The number of hydrogen-bond acceptors (Lipinski definition) is 1. The SMILES string of the molecule is OC(Cc1cccc(Cl)c1)CC1CCCCC1. The highest BCUT2D eigenvalue weighted by atomic mass is 35.5. The fraction of sp³-hybridized carbons (Fsp3) is 0.600. The second-order valence-corrected chi connectivity index (χ2v) is 5.66. The van der Waals surface area contributed by atoms with Gasteiger partial charge in [-0.1, -0.05) is 55.8 Å². The molecule has 0 aromatic heterocycles. The Morgan fingerprint density at radius 2 is 2.00 bits per heavy atom. The van der Waals surface area contributed by atoms with E-state index in [2.05, 4.69) is 0 Å². The molecule has 0 saturated heterocycles. The molecular weight excluding hydrogens is 232 g/mol. The maximum Gasteiger partial charge on any atom is 0.0583 e. The third-order valence-corrected chi connectivity index (χ3v) is 3.93. The number of hydrogen-bond donors (Lipinski definition) is 1. The molecule has 2 rings (SSSR count). The highest BCUT2D eigenvalue weighted by molar-refractivity contribution is 6.30. The molecule has 1 unspecified atom stereocenters. The quantitative estimate of drug-likeness (QED) is 0.851. The van der Waals surface area contributed by atoms with Crippen LogP contribution in [0.5, 0.6) is 0 Å². The van der Waals surface area contributed by atoms with Crippen molar-refractivity contribution in [2.75, 3.05) is 0 Å². The molecule has 94 valence electrons. The molecule has 1 aromatic rings. The molecule has 1 N–H and O–H groups in total. The summed E-state index contributed by atoms with van der Waals surface area (Å²) in [5, 5.41) is 10.9. The van der Waals surface area contributed by atoms with E-state index in [0.717, 1.165) is 29.3 Å². The average molecular weight is 253 g/mol. The van der Waals surface area contributed by atoms with E-state index < -0.39 is 0 Å². The molecule has 0 heterocycles. The smallest absolute Gasteiger partial charge is 0.0583 e.